The van der Waals surface area contributed by atoms with E-state index in [4.69, 9.17) is 17.3 Å². The van der Waals surface area contributed by atoms with Gasteiger partial charge in [0.2, 0.25) is 0 Å². The second kappa shape index (κ2) is 6.24. The molecule has 0 saturated heterocycles. The van der Waals surface area contributed by atoms with E-state index in [1.807, 2.05) is 18.5 Å². The van der Waals surface area contributed by atoms with Gasteiger partial charge >= 0.3 is 0 Å². The van der Waals surface area contributed by atoms with Crippen LogP contribution < -0.4 is 5.73 Å². The molecule has 2 aromatic rings. The van der Waals surface area contributed by atoms with Gasteiger partial charge in [-0.1, -0.05) is 17.7 Å². The van der Waals surface area contributed by atoms with Crippen molar-refractivity contribution in [1.82, 2.24) is 9.78 Å². The Balaban J connectivity index is 2.27. The van der Waals surface area contributed by atoms with Crippen LogP contribution in [0.4, 0.5) is 4.39 Å². The first-order chi connectivity index (χ1) is 9.43. The minimum absolute atomic E-state index is 0.0946. The van der Waals surface area contributed by atoms with E-state index in [1.165, 1.54) is 6.07 Å². The highest BCUT2D eigenvalue weighted by atomic mass is 79.9. The maximum atomic E-state index is 13.2. The maximum absolute atomic E-state index is 13.2. The van der Waals surface area contributed by atoms with Gasteiger partial charge in [-0.3, -0.25) is 4.68 Å². The van der Waals surface area contributed by atoms with E-state index in [2.05, 4.69) is 21.0 Å². The zero-order chi connectivity index (χ0) is 14.9. The number of aromatic nitrogens is 2. The second-order valence-electron chi connectivity index (χ2n) is 4.65. The highest BCUT2D eigenvalue weighted by Gasteiger charge is 2.17. The van der Waals surface area contributed by atoms with Crippen molar-refractivity contribution in [3.05, 3.63) is 50.5 Å². The van der Waals surface area contributed by atoms with E-state index in [9.17, 15) is 4.39 Å². The van der Waals surface area contributed by atoms with Crippen LogP contribution >= 0.6 is 27.5 Å². The Labute approximate surface area is 131 Å². The lowest BCUT2D eigenvalue weighted by Crippen LogP contribution is -2.16. The number of aryl methyl sites for hydroxylation is 2. The fourth-order valence-corrected chi connectivity index (χ4v) is 2.77. The summed E-state index contributed by atoms with van der Waals surface area (Å²) in [7, 11) is 0. The SMILES string of the molecule is CCn1nc(C)c(Br)c1CC(N)c1ccc(F)c(Cl)c1. The molecule has 108 valence electrons. The average Bonchev–Trinajstić information content (AvgIpc) is 2.69. The van der Waals surface area contributed by atoms with Gasteiger partial charge in [-0.2, -0.15) is 5.10 Å². The third-order valence-electron chi connectivity index (χ3n) is 3.24. The van der Waals surface area contributed by atoms with Crippen molar-refractivity contribution < 1.29 is 4.39 Å². The lowest BCUT2D eigenvalue weighted by molar-refractivity contribution is 0.584. The van der Waals surface area contributed by atoms with E-state index in [0.29, 0.717) is 6.42 Å². The van der Waals surface area contributed by atoms with Gasteiger partial charge in [0.1, 0.15) is 5.82 Å². The highest BCUT2D eigenvalue weighted by Crippen LogP contribution is 2.27. The summed E-state index contributed by atoms with van der Waals surface area (Å²) in [6.45, 7) is 4.75. The average molecular weight is 361 g/mol. The van der Waals surface area contributed by atoms with Crippen molar-refractivity contribution in [2.24, 2.45) is 5.73 Å². The molecule has 6 heteroatoms. The summed E-state index contributed by atoms with van der Waals surface area (Å²) in [5, 5.41) is 4.53. The predicted octanol–water partition coefficient (Wildman–Crippen LogP) is 4.01. The standard InChI is InChI=1S/C14H16BrClFN3/c1-3-20-13(14(15)8(2)19-20)7-12(18)9-4-5-11(17)10(16)6-9/h4-6,12H,3,7,18H2,1-2H3. The molecule has 1 aromatic heterocycles. The highest BCUT2D eigenvalue weighted by molar-refractivity contribution is 9.10. The Kier molecular flexibility index (Phi) is 4.83. The summed E-state index contributed by atoms with van der Waals surface area (Å²) < 4.78 is 16.1. The Morgan fingerprint density at radius 1 is 1.50 bits per heavy atom. The number of rotatable bonds is 4. The van der Waals surface area contributed by atoms with Gasteiger partial charge in [-0.25, -0.2) is 4.39 Å². The molecule has 1 aromatic carbocycles. The van der Waals surface area contributed by atoms with Crippen molar-refractivity contribution in [3.8, 4) is 0 Å². The van der Waals surface area contributed by atoms with Gasteiger partial charge in [0.25, 0.3) is 0 Å². The number of halogens is 3. The van der Waals surface area contributed by atoms with Crippen molar-refractivity contribution in [2.75, 3.05) is 0 Å². The van der Waals surface area contributed by atoms with Crippen LogP contribution in [0.3, 0.4) is 0 Å². The van der Waals surface area contributed by atoms with Crippen LogP contribution in [-0.4, -0.2) is 9.78 Å². The molecule has 0 amide bonds. The number of benzene rings is 1. The fourth-order valence-electron chi connectivity index (χ4n) is 2.13. The Bertz CT molecular complexity index is 627. The largest absolute Gasteiger partial charge is 0.324 e. The molecule has 1 heterocycles. The molecule has 0 bridgehead atoms. The van der Waals surface area contributed by atoms with E-state index in [0.717, 1.165) is 28.0 Å². The molecule has 2 rings (SSSR count). The summed E-state index contributed by atoms with van der Waals surface area (Å²) in [5.74, 6) is -0.432. The quantitative estimate of drug-likeness (QED) is 0.895. The Morgan fingerprint density at radius 3 is 2.80 bits per heavy atom. The van der Waals surface area contributed by atoms with Gasteiger partial charge in [-0.15, -0.1) is 0 Å². The summed E-state index contributed by atoms with van der Waals surface area (Å²) in [6, 6.07) is 4.33. The summed E-state index contributed by atoms with van der Waals surface area (Å²) in [6.07, 6.45) is 0.608. The summed E-state index contributed by atoms with van der Waals surface area (Å²) in [5.41, 5.74) is 8.99. The van der Waals surface area contributed by atoms with Crippen LogP contribution in [0.5, 0.6) is 0 Å². The Morgan fingerprint density at radius 2 is 2.20 bits per heavy atom. The molecule has 3 nitrogen and oxygen atoms in total. The van der Waals surface area contributed by atoms with Gasteiger partial charge in [0.05, 0.1) is 20.9 Å². The van der Waals surface area contributed by atoms with Crippen LogP contribution in [0.1, 0.15) is 29.9 Å². The maximum Gasteiger partial charge on any atom is 0.141 e. The predicted molar refractivity (Wildman–Crippen MR) is 82.4 cm³/mol. The van der Waals surface area contributed by atoms with Crippen LogP contribution in [0.2, 0.25) is 5.02 Å². The fraction of sp³-hybridized carbons (Fsp3) is 0.357. The van der Waals surface area contributed by atoms with Gasteiger partial charge in [0.15, 0.2) is 0 Å². The first kappa shape index (κ1) is 15.5. The molecule has 0 fully saturated rings. The topological polar surface area (TPSA) is 43.8 Å². The number of hydrogen-bond acceptors (Lipinski definition) is 2. The van der Waals surface area contributed by atoms with Crippen molar-refractivity contribution in [1.29, 1.82) is 0 Å². The van der Waals surface area contributed by atoms with E-state index in [1.54, 1.807) is 12.1 Å². The first-order valence-electron chi connectivity index (χ1n) is 6.36. The zero-order valence-corrected chi connectivity index (χ0v) is 13.7. The third kappa shape index (κ3) is 3.05. The molecule has 0 aliphatic heterocycles. The third-order valence-corrected chi connectivity index (χ3v) is 4.56. The van der Waals surface area contributed by atoms with Gasteiger partial charge in [-0.05, 0) is 47.5 Å². The molecule has 2 N–H and O–H groups in total. The zero-order valence-electron chi connectivity index (χ0n) is 11.3. The van der Waals surface area contributed by atoms with Crippen molar-refractivity contribution in [3.63, 3.8) is 0 Å². The first-order valence-corrected chi connectivity index (χ1v) is 7.53. The molecule has 1 unspecified atom stereocenters. The Hall–Kier alpha value is -0.910. The molecule has 0 aliphatic rings. The van der Waals surface area contributed by atoms with Gasteiger partial charge in [0, 0.05) is 19.0 Å². The van der Waals surface area contributed by atoms with E-state index < -0.39 is 5.82 Å². The summed E-state index contributed by atoms with van der Waals surface area (Å²) in [4.78, 5) is 0. The normalized spacial score (nSPS) is 12.7. The molecule has 0 spiro atoms. The number of hydrogen-bond donors (Lipinski definition) is 1. The molecule has 1 atom stereocenters. The van der Waals surface area contributed by atoms with E-state index in [-0.39, 0.29) is 11.1 Å². The molecule has 0 radical (unpaired) electrons. The van der Waals surface area contributed by atoms with Crippen LogP contribution in [0.25, 0.3) is 0 Å². The lowest BCUT2D eigenvalue weighted by atomic mass is 10.0. The monoisotopic (exact) mass is 359 g/mol. The molecule has 0 aliphatic carbocycles. The van der Waals surface area contributed by atoms with Crippen LogP contribution in [-0.2, 0) is 13.0 Å². The van der Waals surface area contributed by atoms with Gasteiger partial charge < -0.3 is 5.73 Å². The van der Waals surface area contributed by atoms with Crippen molar-refractivity contribution in [2.45, 2.75) is 32.9 Å². The summed E-state index contributed by atoms with van der Waals surface area (Å²) >= 11 is 9.34. The minimum atomic E-state index is -0.432. The molecular weight excluding hydrogens is 345 g/mol. The number of nitrogens with zero attached hydrogens (tertiary/aromatic N) is 2. The second-order valence-corrected chi connectivity index (χ2v) is 5.85. The van der Waals surface area contributed by atoms with Crippen LogP contribution in [0, 0.1) is 12.7 Å². The number of nitrogens with two attached hydrogens (primary N) is 1. The van der Waals surface area contributed by atoms with Crippen LogP contribution in [0.15, 0.2) is 22.7 Å². The smallest absolute Gasteiger partial charge is 0.141 e. The van der Waals surface area contributed by atoms with E-state index >= 15 is 0 Å². The molecular formula is C14H16BrClFN3. The van der Waals surface area contributed by atoms with Crippen molar-refractivity contribution >= 4 is 27.5 Å². The molecule has 0 saturated carbocycles. The molecule has 20 heavy (non-hydrogen) atoms. The minimum Gasteiger partial charge on any atom is -0.324 e. The lowest BCUT2D eigenvalue weighted by Gasteiger charge is -2.14.